The second-order valence-electron chi connectivity index (χ2n) is 13.6. The van der Waals surface area contributed by atoms with Crippen molar-refractivity contribution in [3.8, 4) is 78.7 Å². The monoisotopic (exact) mass is 719 g/mol. The lowest BCUT2D eigenvalue weighted by atomic mass is 9.95. The maximum atomic E-state index is 4.90. The number of nitrogens with zero attached hydrogens (tertiary/aromatic N) is 3. The van der Waals surface area contributed by atoms with Gasteiger partial charge in [0.2, 0.25) is 0 Å². The minimum atomic E-state index is 0.651. The molecule has 4 heteroatoms. The molecule has 0 bridgehead atoms. The summed E-state index contributed by atoms with van der Waals surface area (Å²) in [6.45, 7) is 0. The predicted octanol–water partition coefficient (Wildman–Crippen LogP) is 13.9. The van der Waals surface area contributed by atoms with Crippen LogP contribution in [-0.2, 0) is 0 Å². The number of benzene rings is 8. The van der Waals surface area contributed by atoms with Crippen LogP contribution in [0.4, 0.5) is 0 Å². The van der Waals surface area contributed by atoms with Crippen LogP contribution in [0.3, 0.4) is 0 Å². The Bertz CT molecular complexity index is 2870. The first-order valence-corrected chi connectivity index (χ1v) is 19.2. The standard InChI is InChI=1S/C51H33N3S/c1-5-13-34(14-6-1)43-31-45(38-15-7-2-8-16-38)48-46(32-43)44-30-29-42(33-47(44)55-48)37-23-21-35(22-24-37)36-25-27-41(28-26-36)51-53-49(39-17-9-3-10-18-39)52-50(54-51)40-19-11-4-12-20-40/h1-33H. The van der Waals surface area contributed by atoms with Gasteiger partial charge >= 0.3 is 0 Å². The van der Waals surface area contributed by atoms with Crippen molar-refractivity contribution in [3.05, 3.63) is 200 Å². The van der Waals surface area contributed by atoms with E-state index in [2.05, 4.69) is 140 Å². The van der Waals surface area contributed by atoms with Gasteiger partial charge in [-0.25, -0.2) is 15.0 Å². The van der Waals surface area contributed by atoms with Crippen LogP contribution in [0.1, 0.15) is 0 Å². The topological polar surface area (TPSA) is 38.7 Å². The van der Waals surface area contributed by atoms with Crippen molar-refractivity contribution in [1.82, 2.24) is 15.0 Å². The zero-order valence-corrected chi connectivity index (χ0v) is 30.6. The molecular weight excluding hydrogens is 687 g/mol. The number of hydrogen-bond donors (Lipinski definition) is 0. The maximum Gasteiger partial charge on any atom is 0.164 e. The molecule has 0 aliphatic carbocycles. The molecular formula is C51H33N3S. The highest BCUT2D eigenvalue weighted by Crippen LogP contribution is 2.44. The van der Waals surface area contributed by atoms with Crippen molar-refractivity contribution in [2.24, 2.45) is 0 Å². The summed E-state index contributed by atoms with van der Waals surface area (Å²) in [6, 6.07) is 70.6. The number of hydrogen-bond acceptors (Lipinski definition) is 4. The summed E-state index contributed by atoms with van der Waals surface area (Å²) in [5.74, 6) is 1.97. The van der Waals surface area contributed by atoms with Gasteiger partial charge in [-0.2, -0.15) is 0 Å². The largest absolute Gasteiger partial charge is 0.208 e. The Morgan fingerprint density at radius 3 is 1.16 bits per heavy atom. The maximum absolute atomic E-state index is 4.90. The second-order valence-corrected chi connectivity index (χ2v) is 14.7. The number of aromatic nitrogens is 3. The third-order valence-electron chi connectivity index (χ3n) is 10.2. The molecule has 10 aromatic rings. The van der Waals surface area contributed by atoms with Crippen LogP contribution in [0.25, 0.3) is 98.8 Å². The van der Waals surface area contributed by atoms with Crippen molar-refractivity contribution in [2.45, 2.75) is 0 Å². The Kier molecular flexibility index (Phi) is 8.36. The predicted molar refractivity (Wildman–Crippen MR) is 231 cm³/mol. The van der Waals surface area contributed by atoms with Crippen molar-refractivity contribution in [1.29, 1.82) is 0 Å². The van der Waals surface area contributed by atoms with Gasteiger partial charge in [-0.05, 0) is 57.1 Å². The van der Waals surface area contributed by atoms with E-state index in [9.17, 15) is 0 Å². The van der Waals surface area contributed by atoms with Gasteiger partial charge < -0.3 is 0 Å². The zero-order valence-electron chi connectivity index (χ0n) is 29.8. The van der Waals surface area contributed by atoms with Crippen molar-refractivity contribution >= 4 is 31.5 Å². The Morgan fingerprint density at radius 1 is 0.273 bits per heavy atom. The highest BCUT2D eigenvalue weighted by atomic mass is 32.1. The molecule has 55 heavy (non-hydrogen) atoms. The van der Waals surface area contributed by atoms with Gasteiger partial charge in [-0.3, -0.25) is 0 Å². The quantitative estimate of drug-likeness (QED) is 0.165. The minimum absolute atomic E-state index is 0.651. The third kappa shape index (κ3) is 6.39. The Morgan fingerprint density at radius 2 is 0.655 bits per heavy atom. The smallest absolute Gasteiger partial charge is 0.164 e. The van der Waals surface area contributed by atoms with E-state index >= 15 is 0 Å². The molecule has 0 saturated carbocycles. The van der Waals surface area contributed by atoms with Gasteiger partial charge in [0.05, 0.1) is 0 Å². The molecule has 258 valence electrons. The first-order valence-electron chi connectivity index (χ1n) is 18.4. The summed E-state index contributed by atoms with van der Waals surface area (Å²) in [6.07, 6.45) is 0. The molecule has 0 unspecified atom stereocenters. The summed E-state index contributed by atoms with van der Waals surface area (Å²) in [4.78, 5) is 14.6. The van der Waals surface area contributed by atoms with E-state index < -0.39 is 0 Å². The summed E-state index contributed by atoms with van der Waals surface area (Å²) >= 11 is 1.88. The first kappa shape index (κ1) is 32.6. The van der Waals surface area contributed by atoms with E-state index in [1.165, 1.54) is 53.6 Å². The van der Waals surface area contributed by atoms with Crippen LogP contribution >= 0.6 is 11.3 Å². The summed E-state index contributed by atoms with van der Waals surface area (Å²) in [7, 11) is 0. The SMILES string of the molecule is c1ccc(-c2cc(-c3ccccc3)c3sc4cc(-c5ccc(-c6ccc(-c7nc(-c8ccccc8)nc(-c8ccccc8)n7)cc6)cc5)ccc4c3c2)cc1. The molecule has 0 amide bonds. The molecule has 10 rings (SSSR count). The molecule has 0 aliphatic heterocycles. The Balaban J connectivity index is 0.964. The molecule has 0 spiro atoms. The van der Waals surface area contributed by atoms with E-state index in [0.29, 0.717) is 17.5 Å². The summed E-state index contributed by atoms with van der Waals surface area (Å²) < 4.78 is 2.61. The molecule has 2 heterocycles. The van der Waals surface area contributed by atoms with Crippen LogP contribution < -0.4 is 0 Å². The fraction of sp³-hybridized carbons (Fsp3) is 0. The van der Waals surface area contributed by atoms with Crippen molar-refractivity contribution in [2.75, 3.05) is 0 Å². The van der Waals surface area contributed by atoms with Crippen LogP contribution in [0.15, 0.2) is 200 Å². The number of thiophene rings is 1. The third-order valence-corrected chi connectivity index (χ3v) is 11.4. The molecule has 8 aromatic carbocycles. The fourth-order valence-electron chi connectivity index (χ4n) is 7.29. The van der Waals surface area contributed by atoms with E-state index in [1.807, 2.05) is 72.0 Å². The van der Waals surface area contributed by atoms with Gasteiger partial charge in [-0.1, -0.05) is 182 Å². The summed E-state index contributed by atoms with van der Waals surface area (Å²) in [5.41, 5.74) is 12.5. The number of rotatable bonds is 7. The minimum Gasteiger partial charge on any atom is -0.208 e. The highest BCUT2D eigenvalue weighted by Gasteiger charge is 2.15. The average molecular weight is 720 g/mol. The Hall–Kier alpha value is -7.01. The Labute approximate surface area is 323 Å². The molecule has 0 atom stereocenters. The van der Waals surface area contributed by atoms with E-state index in [4.69, 9.17) is 15.0 Å². The summed E-state index contributed by atoms with van der Waals surface area (Å²) in [5, 5.41) is 2.59. The van der Waals surface area contributed by atoms with Crippen molar-refractivity contribution in [3.63, 3.8) is 0 Å². The van der Waals surface area contributed by atoms with Crippen molar-refractivity contribution < 1.29 is 0 Å². The van der Waals surface area contributed by atoms with Crippen LogP contribution in [-0.4, -0.2) is 15.0 Å². The molecule has 0 saturated heterocycles. The zero-order chi connectivity index (χ0) is 36.6. The molecule has 3 nitrogen and oxygen atoms in total. The lowest BCUT2D eigenvalue weighted by Gasteiger charge is -2.09. The van der Waals surface area contributed by atoms with E-state index in [1.54, 1.807) is 0 Å². The number of fused-ring (bicyclic) bond motifs is 3. The molecule has 0 N–H and O–H groups in total. The van der Waals surface area contributed by atoms with Gasteiger partial charge in [0.15, 0.2) is 17.5 Å². The molecule has 0 aliphatic rings. The fourth-order valence-corrected chi connectivity index (χ4v) is 8.55. The lowest BCUT2D eigenvalue weighted by Crippen LogP contribution is -2.00. The van der Waals surface area contributed by atoms with E-state index in [0.717, 1.165) is 27.8 Å². The second kappa shape index (κ2) is 14.1. The normalized spacial score (nSPS) is 11.3. The van der Waals surface area contributed by atoms with Gasteiger partial charge in [0.1, 0.15) is 0 Å². The highest BCUT2D eigenvalue weighted by molar-refractivity contribution is 7.26. The van der Waals surface area contributed by atoms with Crippen LogP contribution in [0.2, 0.25) is 0 Å². The molecule has 0 fully saturated rings. The van der Waals surface area contributed by atoms with Gasteiger partial charge in [-0.15, -0.1) is 11.3 Å². The first-order chi connectivity index (χ1) is 27.2. The van der Waals surface area contributed by atoms with Crippen LogP contribution in [0.5, 0.6) is 0 Å². The van der Waals surface area contributed by atoms with Gasteiger partial charge in [0.25, 0.3) is 0 Å². The molecule has 2 aromatic heterocycles. The van der Waals surface area contributed by atoms with Gasteiger partial charge in [0, 0.05) is 42.4 Å². The molecule has 0 radical (unpaired) electrons. The van der Waals surface area contributed by atoms with Crippen LogP contribution in [0, 0.1) is 0 Å². The lowest BCUT2D eigenvalue weighted by molar-refractivity contribution is 1.07. The van der Waals surface area contributed by atoms with E-state index in [-0.39, 0.29) is 0 Å². The average Bonchev–Trinajstić information content (AvgIpc) is 3.65.